The Morgan fingerprint density at radius 1 is 1.13 bits per heavy atom. The molecule has 1 aromatic rings. The van der Waals surface area contributed by atoms with Gasteiger partial charge in [0, 0.05) is 22.7 Å². The van der Waals surface area contributed by atoms with Crippen molar-refractivity contribution in [3.8, 4) is 0 Å². The van der Waals surface area contributed by atoms with E-state index in [1.54, 1.807) is 0 Å². The van der Waals surface area contributed by atoms with Crippen LogP contribution in [0.1, 0.15) is 59.5 Å². The standard InChI is InChI=1S/C13H22N2/c1-7-13(5,6)10-8-9-14-11(15-10)12(2,3)4/h8-9H,7H2,1-6H3. The number of rotatable bonds is 2. The smallest absolute Gasteiger partial charge is 0.133 e. The van der Waals surface area contributed by atoms with Gasteiger partial charge in [-0.3, -0.25) is 0 Å². The fourth-order valence-corrected chi connectivity index (χ4v) is 1.28. The number of hydrogen-bond donors (Lipinski definition) is 0. The summed E-state index contributed by atoms with van der Waals surface area (Å²) in [7, 11) is 0. The van der Waals surface area contributed by atoms with Gasteiger partial charge >= 0.3 is 0 Å². The molecule has 0 saturated heterocycles. The van der Waals surface area contributed by atoms with Crippen LogP contribution in [0.2, 0.25) is 0 Å². The van der Waals surface area contributed by atoms with Crippen molar-refractivity contribution in [2.45, 2.75) is 58.8 Å². The highest BCUT2D eigenvalue weighted by molar-refractivity contribution is 5.15. The third-order valence-electron chi connectivity index (χ3n) is 2.90. The first kappa shape index (κ1) is 12.2. The lowest BCUT2D eigenvalue weighted by molar-refractivity contribution is 0.471. The Morgan fingerprint density at radius 2 is 1.73 bits per heavy atom. The SMILES string of the molecule is CCC(C)(C)c1ccnc(C(C)(C)C)n1. The van der Waals surface area contributed by atoms with E-state index in [1.165, 1.54) is 0 Å². The Bertz CT molecular complexity index is 335. The minimum atomic E-state index is 0.0276. The maximum atomic E-state index is 4.68. The molecule has 0 aliphatic rings. The van der Waals surface area contributed by atoms with Crippen molar-refractivity contribution in [1.29, 1.82) is 0 Å². The lowest BCUT2D eigenvalue weighted by Crippen LogP contribution is -2.22. The third kappa shape index (κ3) is 2.77. The van der Waals surface area contributed by atoms with Gasteiger partial charge in [-0.05, 0) is 12.5 Å². The average molecular weight is 206 g/mol. The molecule has 0 aliphatic carbocycles. The molecule has 0 saturated carbocycles. The fourth-order valence-electron chi connectivity index (χ4n) is 1.28. The molecule has 0 radical (unpaired) electrons. The van der Waals surface area contributed by atoms with Crippen LogP contribution in [0, 0.1) is 0 Å². The fraction of sp³-hybridized carbons (Fsp3) is 0.692. The number of aromatic nitrogens is 2. The predicted molar refractivity (Wildman–Crippen MR) is 64.0 cm³/mol. The van der Waals surface area contributed by atoms with Crippen molar-refractivity contribution in [2.75, 3.05) is 0 Å². The van der Waals surface area contributed by atoms with Crippen LogP contribution in [-0.4, -0.2) is 9.97 Å². The van der Waals surface area contributed by atoms with Gasteiger partial charge in [0.25, 0.3) is 0 Å². The van der Waals surface area contributed by atoms with E-state index >= 15 is 0 Å². The van der Waals surface area contributed by atoms with Crippen LogP contribution < -0.4 is 0 Å². The number of nitrogens with zero attached hydrogens (tertiary/aromatic N) is 2. The minimum absolute atomic E-state index is 0.0276. The molecule has 0 fully saturated rings. The monoisotopic (exact) mass is 206 g/mol. The van der Waals surface area contributed by atoms with Crippen molar-refractivity contribution >= 4 is 0 Å². The van der Waals surface area contributed by atoms with Crippen LogP contribution in [0.3, 0.4) is 0 Å². The highest BCUT2D eigenvalue weighted by Gasteiger charge is 2.23. The highest BCUT2D eigenvalue weighted by atomic mass is 14.9. The topological polar surface area (TPSA) is 25.8 Å². The van der Waals surface area contributed by atoms with Gasteiger partial charge in [0.2, 0.25) is 0 Å². The first-order valence-electron chi connectivity index (χ1n) is 5.61. The maximum absolute atomic E-state index is 4.68. The van der Waals surface area contributed by atoms with Crippen LogP contribution in [-0.2, 0) is 10.8 Å². The Hall–Kier alpha value is -0.920. The molecule has 1 heterocycles. The normalized spacial score (nSPS) is 12.9. The predicted octanol–water partition coefficient (Wildman–Crippen LogP) is 3.46. The van der Waals surface area contributed by atoms with E-state index in [9.17, 15) is 0 Å². The molecule has 84 valence electrons. The lowest BCUT2D eigenvalue weighted by atomic mass is 9.85. The molecule has 15 heavy (non-hydrogen) atoms. The van der Waals surface area contributed by atoms with Gasteiger partial charge in [-0.15, -0.1) is 0 Å². The van der Waals surface area contributed by atoms with E-state index in [1.807, 2.05) is 12.3 Å². The molecule has 0 amide bonds. The van der Waals surface area contributed by atoms with Gasteiger partial charge in [0.15, 0.2) is 0 Å². The summed E-state index contributed by atoms with van der Waals surface area (Å²) in [5.41, 5.74) is 1.31. The van der Waals surface area contributed by atoms with E-state index in [2.05, 4.69) is 51.5 Å². The van der Waals surface area contributed by atoms with Crippen molar-refractivity contribution < 1.29 is 0 Å². The molecule has 2 nitrogen and oxygen atoms in total. The maximum Gasteiger partial charge on any atom is 0.133 e. The second kappa shape index (κ2) is 3.92. The second-order valence-corrected chi connectivity index (χ2v) is 5.75. The third-order valence-corrected chi connectivity index (χ3v) is 2.90. The Kier molecular flexibility index (Phi) is 3.17. The molecular formula is C13H22N2. The Balaban J connectivity index is 3.14. The number of hydrogen-bond acceptors (Lipinski definition) is 2. The van der Waals surface area contributed by atoms with E-state index in [4.69, 9.17) is 0 Å². The summed E-state index contributed by atoms with van der Waals surface area (Å²) >= 11 is 0. The van der Waals surface area contributed by atoms with Crippen molar-refractivity contribution in [3.63, 3.8) is 0 Å². The summed E-state index contributed by atoms with van der Waals surface area (Å²) in [6.45, 7) is 13.1. The van der Waals surface area contributed by atoms with Crippen LogP contribution in [0.25, 0.3) is 0 Å². The molecule has 0 aliphatic heterocycles. The zero-order chi connectivity index (χ0) is 11.7. The summed E-state index contributed by atoms with van der Waals surface area (Å²) in [5, 5.41) is 0. The lowest BCUT2D eigenvalue weighted by Gasteiger charge is -2.24. The summed E-state index contributed by atoms with van der Waals surface area (Å²) in [5.74, 6) is 0.932. The van der Waals surface area contributed by atoms with E-state index < -0.39 is 0 Å². The molecule has 0 spiro atoms. The second-order valence-electron chi connectivity index (χ2n) is 5.75. The molecule has 0 aromatic carbocycles. The average Bonchev–Trinajstić information content (AvgIpc) is 2.17. The molecule has 0 atom stereocenters. The van der Waals surface area contributed by atoms with Gasteiger partial charge in [0.1, 0.15) is 5.82 Å². The zero-order valence-electron chi connectivity index (χ0n) is 10.8. The zero-order valence-corrected chi connectivity index (χ0v) is 10.8. The van der Waals surface area contributed by atoms with Crippen molar-refractivity contribution in [3.05, 3.63) is 23.8 Å². The van der Waals surface area contributed by atoms with Crippen molar-refractivity contribution in [2.24, 2.45) is 0 Å². The summed E-state index contributed by atoms with van der Waals surface area (Å²) in [6.07, 6.45) is 2.97. The molecular weight excluding hydrogens is 184 g/mol. The summed E-state index contributed by atoms with van der Waals surface area (Å²) in [4.78, 5) is 9.02. The van der Waals surface area contributed by atoms with E-state index in [-0.39, 0.29) is 10.8 Å². The van der Waals surface area contributed by atoms with Gasteiger partial charge in [-0.25, -0.2) is 9.97 Å². The molecule has 1 rings (SSSR count). The first-order chi connectivity index (χ1) is 6.77. The van der Waals surface area contributed by atoms with Gasteiger partial charge in [0.05, 0.1) is 0 Å². The highest BCUT2D eigenvalue weighted by Crippen LogP contribution is 2.26. The Morgan fingerprint density at radius 3 is 2.20 bits per heavy atom. The van der Waals surface area contributed by atoms with Crippen LogP contribution >= 0.6 is 0 Å². The quantitative estimate of drug-likeness (QED) is 0.740. The van der Waals surface area contributed by atoms with Crippen molar-refractivity contribution in [1.82, 2.24) is 9.97 Å². The van der Waals surface area contributed by atoms with E-state index in [0.717, 1.165) is 17.9 Å². The van der Waals surface area contributed by atoms with Crippen LogP contribution in [0.5, 0.6) is 0 Å². The minimum Gasteiger partial charge on any atom is -0.241 e. The first-order valence-corrected chi connectivity index (χ1v) is 5.61. The summed E-state index contributed by atoms with van der Waals surface area (Å²) in [6, 6.07) is 2.03. The van der Waals surface area contributed by atoms with Crippen LogP contribution in [0.4, 0.5) is 0 Å². The molecule has 1 aromatic heterocycles. The summed E-state index contributed by atoms with van der Waals surface area (Å²) < 4.78 is 0. The largest absolute Gasteiger partial charge is 0.241 e. The Labute approximate surface area is 93.2 Å². The molecule has 0 N–H and O–H groups in total. The van der Waals surface area contributed by atoms with Crippen LogP contribution in [0.15, 0.2) is 12.3 Å². The van der Waals surface area contributed by atoms with Gasteiger partial charge in [-0.2, -0.15) is 0 Å². The molecule has 0 unspecified atom stereocenters. The molecule has 0 bridgehead atoms. The van der Waals surface area contributed by atoms with Gasteiger partial charge < -0.3 is 0 Å². The molecule has 2 heteroatoms. The van der Waals surface area contributed by atoms with E-state index in [0.29, 0.717) is 0 Å². The van der Waals surface area contributed by atoms with Gasteiger partial charge in [-0.1, -0.05) is 41.5 Å².